The summed E-state index contributed by atoms with van der Waals surface area (Å²) in [5.74, 6) is 0.589. The van der Waals surface area contributed by atoms with Crippen LogP contribution in [0, 0.1) is 13.8 Å². The van der Waals surface area contributed by atoms with Crippen molar-refractivity contribution in [2.24, 2.45) is 12.8 Å². The number of nitrogens with two attached hydrogens (primary N) is 1. The molecule has 0 aliphatic carbocycles. The van der Waals surface area contributed by atoms with Crippen LogP contribution in [0.3, 0.4) is 0 Å². The maximum atomic E-state index is 11.8. The van der Waals surface area contributed by atoms with E-state index in [9.17, 15) is 9.59 Å². The van der Waals surface area contributed by atoms with Gasteiger partial charge in [-0.1, -0.05) is 0 Å². The van der Waals surface area contributed by atoms with Crippen LogP contribution in [-0.4, -0.2) is 28.5 Å². The average Bonchev–Trinajstić information content (AvgIpc) is 2.59. The number of aromatic nitrogens is 2. The van der Waals surface area contributed by atoms with Gasteiger partial charge in [0.15, 0.2) is 0 Å². The smallest absolute Gasteiger partial charge is 0.252 e. The Balaban J connectivity index is 1.80. The minimum absolute atomic E-state index is 0.0202. The predicted octanol–water partition coefficient (Wildman–Crippen LogP) is 1.88. The number of aryl methyl sites for hydroxylation is 3. The number of carbonyl (C=O) groups excluding carboxylic acids is 1. The fraction of sp³-hybridized carbons (Fsp3) is 0.421. The normalized spacial score (nSPS) is 15.4. The molecule has 0 spiro atoms. The third-order valence-corrected chi connectivity index (χ3v) is 5.11. The molecule has 0 saturated carbocycles. The summed E-state index contributed by atoms with van der Waals surface area (Å²) in [7, 11) is 1.76. The van der Waals surface area contributed by atoms with Crippen molar-refractivity contribution in [2.75, 3.05) is 18.0 Å². The van der Waals surface area contributed by atoms with Gasteiger partial charge in [0.2, 0.25) is 0 Å². The molecule has 0 atom stereocenters. The highest BCUT2D eigenvalue weighted by molar-refractivity contribution is 5.98. The van der Waals surface area contributed by atoms with Crippen molar-refractivity contribution in [3.05, 3.63) is 57.1 Å². The van der Waals surface area contributed by atoms with Gasteiger partial charge in [-0.3, -0.25) is 9.59 Å². The van der Waals surface area contributed by atoms with Crippen molar-refractivity contribution in [3.63, 3.8) is 0 Å². The van der Waals surface area contributed by atoms with Gasteiger partial charge in [0.25, 0.3) is 11.5 Å². The van der Waals surface area contributed by atoms with Crippen LogP contribution >= 0.6 is 0 Å². The van der Waals surface area contributed by atoms with Crippen molar-refractivity contribution in [1.29, 1.82) is 0 Å². The molecule has 6 heteroatoms. The molecule has 0 aromatic carbocycles. The molecule has 0 radical (unpaired) electrons. The summed E-state index contributed by atoms with van der Waals surface area (Å²) < 4.78 is 1.58. The van der Waals surface area contributed by atoms with Crippen molar-refractivity contribution >= 4 is 11.7 Å². The summed E-state index contributed by atoms with van der Waals surface area (Å²) in [6, 6.07) is 5.57. The lowest BCUT2D eigenvalue weighted by molar-refractivity contribution is 0.100. The Morgan fingerprint density at radius 2 is 1.92 bits per heavy atom. The molecule has 3 rings (SSSR count). The summed E-state index contributed by atoms with van der Waals surface area (Å²) in [5, 5.41) is 0. The molecule has 1 saturated heterocycles. The van der Waals surface area contributed by atoms with Gasteiger partial charge in [0, 0.05) is 38.1 Å². The van der Waals surface area contributed by atoms with Gasteiger partial charge in [-0.15, -0.1) is 0 Å². The number of primary amides is 1. The van der Waals surface area contributed by atoms with Crippen LogP contribution in [0.1, 0.15) is 45.9 Å². The second kappa shape index (κ2) is 6.70. The van der Waals surface area contributed by atoms with Crippen LogP contribution < -0.4 is 16.2 Å². The zero-order valence-electron chi connectivity index (χ0n) is 15.0. The highest BCUT2D eigenvalue weighted by Crippen LogP contribution is 2.31. The second-order valence-corrected chi connectivity index (χ2v) is 6.80. The number of hydrogen-bond acceptors (Lipinski definition) is 4. The highest BCUT2D eigenvalue weighted by Gasteiger charge is 2.25. The summed E-state index contributed by atoms with van der Waals surface area (Å²) in [6.45, 7) is 5.45. The largest absolute Gasteiger partial charge is 0.365 e. The third kappa shape index (κ3) is 3.43. The standard InChI is InChI=1S/C19H24N4O2/c1-12-10-16(18(20)25)19(21-13(12)2)23-8-5-14(6-9-23)15-4-7-22(3)17(24)11-15/h4,7,10-11,14H,5-6,8-9H2,1-3H3,(H2,20,25). The van der Waals surface area contributed by atoms with Crippen LogP contribution in [0.25, 0.3) is 0 Å². The Hall–Kier alpha value is -2.63. The molecule has 0 bridgehead atoms. The number of piperidine rings is 1. The maximum Gasteiger partial charge on any atom is 0.252 e. The Morgan fingerprint density at radius 3 is 2.52 bits per heavy atom. The number of nitrogens with zero attached hydrogens (tertiary/aromatic N) is 3. The molecule has 2 N–H and O–H groups in total. The summed E-state index contributed by atoms with van der Waals surface area (Å²) in [4.78, 5) is 30.4. The van der Waals surface area contributed by atoms with E-state index in [4.69, 9.17) is 5.73 Å². The van der Waals surface area contributed by atoms with E-state index in [1.807, 2.05) is 32.2 Å². The van der Waals surface area contributed by atoms with Crippen molar-refractivity contribution in [3.8, 4) is 0 Å². The van der Waals surface area contributed by atoms with E-state index < -0.39 is 5.91 Å². The summed E-state index contributed by atoms with van der Waals surface area (Å²) >= 11 is 0. The average molecular weight is 340 g/mol. The fourth-order valence-corrected chi connectivity index (χ4v) is 3.36. The first-order valence-electron chi connectivity index (χ1n) is 8.56. The van der Waals surface area contributed by atoms with Crippen LogP contribution in [-0.2, 0) is 7.05 Å². The molecule has 1 fully saturated rings. The maximum absolute atomic E-state index is 11.8. The number of carbonyl (C=O) groups is 1. The number of hydrogen-bond donors (Lipinski definition) is 1. The molecule has 25 heavy (non-hydrogen) atoms. The lowest BCUT2D eigenvalue weighted by atomic mass is 9.90. The van der Waals surface area contributed by atoms with Gasteiger partial charge < -0.3 is 15.2 Å². The zero-order chi connectivity index (χ0) is 18.1. The summed E-state index contributed by atoms with van der Waals surface area (Å²) in [5.41, 5.74) is 9.01. The first-order valence-corrected chi connectivity index (χ1v) is 8.56. The lowest BCUT2D eigenvalue weighted by Gasteiger charge is -2.34. The minimum atomic E-state index is -0.445. The topological polar surface area (TPSA) is 81.2 Å². The molecular weight excluding hydrogens is 316 g/mol. The van der Waals surface area contributed by atoms with Gasteiger partial charge in [-0.2, -0.15) is 0 Å². The Labute approximate surface area is 147 Å². The van der Waals surface area contributed by atoms with Crippen molar-refractivity contribution in [2.45, 2.75) is 32.6 Å². The first kappa shape index (κ1) is 17.2. The van der Waals surface area contributed by atoms with Gasteiger partial charge in [0.1, 0.15) is 5.82 Å². The lowest BCUT2D eigenvalue weighted by Crippen LogP contribution is -2.35. The van der Waals surface area contributed by atoms with Crippen molar-refractivity contribution < 1.29 is 4.79 Å². The number of rotatable bonds is 3. The quantitative estimate of drug-likeness (QED) is 0.925. The second-order valence-electron chi connectivity index (χ2n) is 6.80. The van der Waals surface area contributed by atoms with Gasteiger partial charge in [-0.25, -0.2) is 4.98 Å². The Bertz CT molecular complexity index is 864. The van der Waals surface area contributed by atoms with Crippen LogP contribution in [0.4, 0.5) is 5.82 Å². The minimum Gasteiger partial charge on any atom is -0.365 e. The SMILES string of the molecule is Cc1cc(C(N)=O)c(N2CCC(c3ccn(C)c(=O)c3)CC2)nc1C. The first-order chi connectivity index (χ1) is 11.9. The van der Waals surface area contributed by atoms with E-state index in [0.29, 0.717) is 17.3 Å². The Morgan fingerprint density at radius 1 is 1.24 bits per heavy atom. The fourth-order valence-electron chi connectivity index (χ4n) is 3.36. The van der Waals surface area contributed by atoms with E-state index in [-0.39, 0.29) is 5.56 Å². The molecule has 6 nitrogen and oxygen atoms in total. The van der Waals surface area contributed by atoms with Crippen molar-refractivity contribution in [1.82, 2.24) is 9.55 Å². The molecule has 1 amide bonds. The molecular formula is C19H24N4O2. The molecule has 3 heterocycles. The van der Waals surface area contributed by atoms with Gasteiger partial charge in [0.05, 0.1) is 5.56 Å². The Kier molecular flexibility index (Phi) is 4.61. The van der Waals surface area contributed by atoms with Gasteiger partial charge >= 0.3 is 0 Å². The molecule has 132 valence electrons. The third-order valence-electron chi connectivity index (χ3n) is 5.11. The number of pyridine rings is 2. The van der Waals surface area contributed by atoms with E-state index in [1.165, 1.54) is 0 Å². The van der Waals surface area contributed by atoms with E-state index in [0.717, 1.165) is 42.8 Å². The van der Waals surface area contributed by atoms with E-state index in [2.05, 4.69) is 9.88 Å². The zero-order valence-corrected chi connectivity index (χ0v) is 15.0. The molecule has 1 aliphatic rings. The molecule has 0 unspecified atom stereocenters. The number of amides is 1. The van der Waals surface area contributed by atoms with E-state index in [1.54, 1.807) is 17.7 Å². The number of anilines is 1. The van der Waals surface area contributed by atoms with Crippen LogP contribution in [0.15, 0.2) is 29.2 Å². The van der Waals surface area contributed by atoms with Gasteiger partial charge in [-0.05, 0) is 55.9 Å². The predicted molar refractivity (Wildman–Crippen MR) is 98.1 cm³/mol. The van der Waals surface area contributed by atoms with E-state index >= 15 is 0 Å². The van der Waals surface area contributed by atoms with Crippen LogP contribution in [0.2, 0.25) is 0 Å². The summed E-state index contributed by atoms with van der Waals surface area (Å²) in [6.07, 6.45) is 3.65. The highest BCUT2D eigenvalue weighted by atomic mass is 16.1. The monoisotopic (exact) mass is 340 g/mol. The van der Waals surface area contributed by atoms with Crippen LogP contribution in [0.5, 0.6) is 0 Å². The molecule has 1 aliphatic heterocycles. The molecule has 2 aromatic heterocycles. The molecule has 2 aromatic rings.